The van der Waals surface area contributed by atoms with Crippen LogP contribution in [0.15, 0.2) is 18.2 Å². The molecule has 2 amide bonds. The normalized spacial score (nSPS) is 21.3. The van der Waals surface area contributed by atoms with E-state index in [1.54, 1.807) is 14.2 Å². The van der Waals surface area contributed by atoms with Crippen LogP contribution in [0.5, 0.6) is 17.2 Å². The number of hydrogen-bond acceptors (Lipinski definition) is 8. The second-order valence-corrected chi connectivity index (χ2v) is 14.6. The fourth-order valence-corrected chi connectivity index (χ4v) is 6.45. The highest BCUT2D eigenvalue weighted by molar-refractivity contribution is 5.77. The number of amides is 2. The maximum atomic E-state index is 13.7. The van der Waals surface area contributed by atoms with Gasteiger partial charge in [0, 0.05) is 71.5 Å². The maximum Gasteiger partial charge on any atom is 0.410 e. The molecule has 1 saturated carbocycles. The van der Waals surface area contributed by atoms with Crippen LogP contribution in [0.3, 0.4) is 0 Å². The summed E-state index contributed by atoms with van der Waals surface area (Å²) >= 11 is 0. The highest BCUT2D eigenvalue weighted by atomic mass is 16.6. The average Bonchev–Trinajstić information content (AvgIpc) is 3.77. The zero-order valence-electron chi connectivity index (χ0n) is 29.3. The van der Waals surface area contributed by atoms with E-state index in [-0.39, 0.29) is 35.9 Å². The Morgan fingerprint density at radius 3 is 2.35 bits per heavy atom. The maximum absolute atomic E-state index is 13.7. The Kier molecular flexibility index (Phi) is 13.3. The predicted octanol–water partition coefficient (Wildman–Crippen LogP) is 6.19. The van der Waals surface area contributed by atoms with E-state index in [1.165, 1.54) is 0 Å². The molecule has 3 fully saturated rings. The van der Waals surface area contributed by atoms with Crippen molar-refractivity contribution in [3.8, 4) is 17.2 Å². The van der Waals surface area contributed by atoms with Gasteiger partial charge in [-0.3, -0.25) is 4.79 Å². The van der Waals surface area contributed by atoms with E-state index in [2.05, 4.69) is 18.7 Å². The molecular formula is C36H58N2O8. The molecule has 4 rings (SSSR count). The topological polar surface area (TPSA) is 96.0 Å². The van der Waals surface area contributed by atoms with Crippen LogP contribution in [0.1, 0.15) is 79.6 Å². The molecule has 0 aromatic heterocycles. The largest absolute Gasteiger partial charge is 0.493 e. The van der Waals surface area contributed by atoms with Crippen LogP contribution in [-0.4, -0.2) is 99.8 Å². The molecule has 10 heteroatoms. The number of carbonyl (C=O) groups excluding carboxylic acids is 2. The van der Waals surface area contributed by atoms with Crippen LogP contribution >= 0.6 is 0 Å². The Labute approximate surface area is 276 Å². The van der Waals surface area contributed by atoms with E-state index in [9.17, 15) is 9.59 Å². The molecule has 1 aliphatic carbocycles. The van der Waals surface area contributed by atoms with Gasteiger partial charge in [0.1, 0.15) is 17.5 Å². The van der Waals surface area contributed by atoms with Crippen molar-refractivity contribution in [2.75, 3.05) is 60.3 Å². The van der Waals surface area contributed by atoms with Gasteiger partial charge < -0.3 is 38.2 Å². The average molecular weight is 647 g/mol. The van der Waals surface area contributed by atoms with E-state index in [4.69, 9.17) is 28.4 Å². The monoisotopic (exact) mass is 646 g/mol. The molecule has 3 aliphatic rings. The van der Waals surface area contributed by atoms with Gasteiger partial charge in [-0.05, 0) is 88.7 Å². The third kappa shape index (κ3) is 10.9. The van der Waals surface area contributed by atoms with Crippen molar-refractivity contribution in [1.29, 1.82) is 0 Å². The third-order valence-corrected chi connectivity index (χ3v) is 9.22. The van der Waals surface area contributed by atoms with Crippen molar-refractivity contribution < 1.29 is 38.0 Å². The fraction of sp³-hybridized carbons (Fsp3) is 0.778. The molecule has 10 nitrogen and oxygen atoms in total. The fourth-order valence-electron chi connectivity index (χ4n) is 6.45. The summed E-state index contributed by atoms with van der Waals surface area (Å²) in [6, 6.07) is 5.99. The Balaban J connectivity index is 1.49. The molecule has 0 radical (unpaired) electrons. The lowest BCUT2D eigenvalue weighted by atomic mass is 9.86. The van der Waals surface area contributed by atoms with Gasteiger partial charge in [-0.25, -0.2) is 4.79 Å². The van der Waals surface area contributed by atoms with Crippen LogP contribution in [-0.2, 0) is 19.0 Å². The van der Waals surface area contributed by atoms with Gasteiger partial charge in [-0.2, -0.15) is 0 Å². The molecule has 2 heterocycles. The zero-order valence-corrected chi connectivity index (χ0v) is 29.3. The van der Waals surface area contributed by atoms with Crippen molar-refractivity contribution in [2.24, 2.45) is 23.7 Å². The first-order valence-corrected chi connectivity index (χ1v) is 17.3. The Morgan fingerprint density at radius 2 is 1.72 bits per heavy atom. The number of carbonyl (C=O) groups is 2. The number of hydrogen-bond donors (Lipinski definition) is 0. The molecule has 1 aromatic rings. The quantitative estimate of drug-likeness (QED) is 0.196. The molecule has 46 heavy (non-hydrogen) atoms. The molecule has 1 aromatic carbocycles. The Hall–Kier alpha value is -2.72. The lowest BCUT2D eigenvalue weighted by Crippen LogP contribution is -2.41. The zero-order chi connectivity index (χ0) is 33.3. The third-order valence-electron chi connectivity index (χ3n) is 9.22. The molecule has 0 spiro atoms. The number of nitrogens with zero attached hydrogens (tertiary/aromatic N) is 2. The Bertz CT molecular complexity index is 1110. The molecule has 2 saturated heterocycles. The van der Waals surface area contributed by atoms with E-state index in [0.29, 0.717) is 68.5 Å². The lowest BCUT2D eigenvalue weighted by Gasteiger charge is -2.32. The summed E-state index contributed by atoms with van der Waals surface area (Å²) in [5.74, 6) is 3.14. The summed E-state index contributed by atoms with van der Waals surface area (Å²) in [6.45, 7) is 14.4. The summed E-state index contributed by atoms with van der Waals surface area (Å²) in [6.07, 6.45) is 5.71. The molecule has 3 atom stereocenters. The van der Waals surface area contributed by atoms with E-state index < -0.39 is 5.60 Å². The summed E-state index contributed by atoms with van der Waals surface area (Å²) in [5.41, 5.74) is -0.578. The SMILES string of the molecule is COCCCOc1cc(O[C@@H](CC2CN(C(=O)OC(C)(C)C)CC2CN(C(=O)CC2CCOCC2)C2CC2)C(C)C)ccc1OC. The van der Waals surface area contributed by atoms with Crippen LogP contribution in [0.2, 0.25) is 0 Å². The molecule has 0 bridgehead atoms. The van der Waals surface area contributed by atoms with Gasteiger partial charge in [0.15, 0.2) is 11.5 Å². The lowest BCUT2D eigenvalue weighted by molar-refractivity contribution is -0.134. The number of methoxy groups -OCH3 is 2. The van der Waals surface area contributed by atoms with Gasteiger partial charge in [-0.1, -0.05) is 13.8 Å². The van der Waals surface area contributed by atoms with Crippen molar-refractivity contribution in [1.82, 2.24) is 9.80 Å². The van der Waals surface area contributed by atoms with Crippen molar-refractivity contribution in [3.63, 3.8) is 0 Å². The van der Waals surface area contributed by atoms with Crippen molar-refractivity contribution >= 4 is 12.0 Å². The van der Waals surface area contributed by atoms with Crippen LogP contribution in [0.4, 0.5) is 4.79 Å². The minimum Gasteiger partial charge on any atom is -0.493 e. The predicted molar refractivity (Wildman–Crippen MR) is 177 cm³/mol. The molecule has 0 N–H and O–H groups in total. The second-order valence-electron chi connectivity index (χ2n) is 14.6. The summed E-state index contributed by atoms with van der Waals surface area (Å²) in [7, 11) is 3.31. The molecule has 2 unspecified atom stereocenters. The number of likely N-dealkylation sites (tertiary alicyclic amines) is 1. The molecule has 2 aliphatic heterocycles. The van der Waals surface area contributed by atoms with Gasteiger partial charge in [0.05, 0.1) is 13.7 Å². The van der Waals surface area contributed by atoms with Gasteiger partial charge in [-0.15, -0.1) is 0 Å². The second kappa shape index (κ2) is 16.9. The first-order chi connectivity index (χ1) is 22.0. The highest BCUT2D eigenvalue weighted by Gasteiger charge is 2.43. The molecule has 260 valence electrons. The van der Waals surface area contributed by atoms with Crippen LogP contribution in [0.25, 0.3) is 0 Å². The van der Waals surface area contributed by atoms with Crippen molar-refractivity contribution in [2.45, 2.75) is 97.3 Å². The van der Waals surface area contributed by atoms with Crippen LogP contribution in [0, 0.1) is 23.7 Å². The number of benzene rings is 1. The van der Waals surface area contributed by atoms with Crippen molar-refractivity contribution in [3.05, 3.63) is 18.2 Å². The van der Waals surface area contributed by atoms with Crippen LogP contribution < -0.4 is 14.2 Å². The van der Waals surface area contributed by atoms with E-state index >= 15 is 0 Å². The first-order valence-electron chi connectivity index (χ1n) is 17.3. The minimum atomic E-state index is -0.578. The Morgan fingerprint density at radius 1 is 1.00 bits per heavy atom. The minimum absolute atomic E-state index is 0.104. The van der Waals surface area contributed by atoms with Gasteiger partial charge in [0.2, 0.25) is 5.91 Å². The number of ether oxygens (including phenoxy) is 6. The first kappa shape index (κ1) is 36.1. The summed E-state index contributed by atoms with van der Waals surface area (Å²) in [4.78, 5) is 30.9. The van der Waals surface area contributed by atoms with E-state index in [0.717, 1.165) is 51.7 Å². The summed E-state index contributed by atoms with van der Waals surface area (Å²) in [5, 5.41) is 0. The standard InChI is InChI=1S/C36H58N2O8/c1-25(2)32(45-30-11-12-31(42-7)33(21-30)44-16-8-15-41-6)20-27-22-37(35(40)46-36(3,4)5)23-28(27)24-38(29-9-10-29)34(39)19-26-13-17-43-18-14-26/h11-12,21,25-29,32H,8-10,13-20,22-24H2,1-7H3/t27?,28?,32-/m0/s1. The van der Waals surface area contributed by atoms with Gasteiger partial charge >= 0.3 is 6.09 Å². The van der Waals surface area contributed by atoms with Gasteiger partial charge in [0.25, 0.3) is 0 Å². The number of rotatable bonds is 16. The molecular weight excluding hydrogens is 588 g/mol. The summed E-state index contributed by atoms with van der Waals surface area (Å²) < 4.78 is 34.7. The van der Waals surface area contributed by atoms with E-state index in [1.807, 2.05) is 43.9 Å². The highest BCUT2D eigenvalue weighted by Crippen LogP contribution is 2.37. The smallest absolute Gasteiger partial charge is 0.410 e.